The molecule has 29 heavy (non-hydrogen) atoms. The number of anilines is 2. The van der Waals surface area contributed by atoms with Crippen LogP contribution in [-0.2, 0) is 6.54 Å². The van der Waals surface area contributed by atoms with Gasteiger partial charge in [-0.05, 0) is 24.6 Å². The fourth-order valence-electron chi connectivity index (χ4n) is 3.32. The molecule has 0 unspecified atom stereocenters. The van der Waals surface area contributed by atoms with E-state index in [1.165, 1.54) is 6.07 Å². The maximum absolute atomic E-state index is 11.2. The number of hydrogen-bond acceptors (Lipinski definition) is 8. The van der Waals surface area contributed by atoms with Gasteiger partial charge in [0.25, 0.3) is 5.69 Å². The first kappa shape index (κ1) is 19.4. The van der Waals surface area contributed by atoms with Crippen molar-refractivity contribution in [3.63, 3.8) is 0 Å². The Bertz CT molecular complexity index is 1020. The molecule has 2 aromatic heterocycles. The molecule has 0 bridgehead atoms. The van der Waals surface area contributed by atoms with Crippen LogP contribution in [0, 0.1) is 17.0 Å². The van der Waals surface area contributed by atoms with Gasteiger partial charge in [-0.1, -0.05) is 12.1 Å². The summed E-state index contributed by atoms with van der Waals surface area (Å²) in [6.07, 6.45) is 1.82. The van der Waals surface area contributed by atoms with Crippen LogP contribution >= 0.6 is 11.3 Å². The molecule has 2 N–H and O–H groups in total. The Hall–Kier alpha value is -2.88. The quantitative estimate of drug-likeness (QED) is 0.474. The van der Waals surface area contributed by atoms with Crippen LogP contribution < -0.4 is 10.6 Å². The topological polar surface area (TPSA) is 96.2 Å². The molecular formula is C20H22N6O2S. The number of pyridine rings is 1. The van der Waals surface area contributed by atoms with Crippen molar-refractivity contribution in [3.05, 3.63) is 63.1 Å². The zero-order valence-corrected chi connectivity index (χ0v) is 16.9. The number of nitrogens with zero attached hydrogens (tertiary/aromatic N) is 4. The summed E-state index contributed by atoms with van der Waals surface area (Å²) in [4.78, 5) is 23.4. The van der Waals surface area contributed by atoms with Crippen LogP contribution in [0.1, 0.15) is 10.4 Å². The van der Waals surface area contributed by atoms with E-state index < -0.39 is 0 Å². The largest absolute Gasteiger partial charge is 0.316 e. The molecule has 1 saturated heterocycles. The predicted molar refractivity (Wildman–Crippen MR) is 115 cm³/mol. The molecule has 150 valence electrons. The average Bonchev–Trinajstić information content (AvgIpc) is 3.13. The molecule has 1 aliphatic heterocycles. The lowest BCUT2D eigenvalue weighted by Crippen LogP contribution is -2.42. The van der Waals surface area contributed by atoms with E-state index in [1.807, 2.05) is 31.3 Å². The number of non-ortho nitro benzene ring substituents is 1. The molecule has 0 radical (unpaired) electrons. The first-order valence-electron chi connectivity index (χ1n) is 9.45. The van der Waals surface area contributed by atoms with Crippen LogP contribution in [0.15, 0.2) is 42.6 Å². The number of hydrogen-bond donors (Lipinski definition) is 2. The minimum Gasteiger partial charge on any atom is -0.316 e. The molecule has 3 heterocycles. The summed E-state index contributed by atoms with van der Waals surface area (Å²) in [6, 6.07) is 10.6. The second kappa shape index (κ2) is 8.64. The summed E-state index contributed by atoms with van der Waals surface area (Å²) in [7, 11) is 0. The zero-order chi connectivity index (χ0) is 20.2. The molecule has 1 fully saturated rings. The van der Waals surface area contributed by atoms with E-state index in [9.17, 15) is 10.1 Å². The number of piperazine rings is 1. The van der Waals surface area contributed by atoms with Gasteiger partial charge < -0.3 is 10.6 Å². The van der Waals surface area contributed by atoms with Gasteiger partial charge in [0.1, 0.15) is 5.82 Å². The molecular weight excluding hydrogens is 388 g/mol. The molecule has 0 amide bonds. The minimum absolute atomic E-state index is 0.0573. The van der Waals surface area contributed by atoms with Crippen molar-refractivity contribution < 1.29 is 4.92 Å². The predicted octanol–water partition coefficient (Wildman–Crippen LogP) is 3.57. The number of aryl methyl sites for hydroxylation is 1. The third-order valence-electron chi connectivity index (χ3n) is 4.71. The molecule has 0 aliphatic carbocycles. The second-order valence-corrected chi connectivity index (χ2v) is 8.22. The zero-order valence-electron chi connectivity index (χ0n) is 16.1. The summed E-state index contributed by atoms with van der Waals surface area (Å²) in [6.45, 7) is 6.74. The van der Waals surface area contributed by atoms with Crippen molar-refractivity contribution in [1.82, 2.24) is 20.2 Å². The summed E-state index contributed by atoms with van der Waals surface area (Å²) in [5.74, 6) is 0.688. The van der Waals surface area contributed by atoms with Crippen molar-refractivity contribution in [2.45, 2.75) is 13.5 Å². The number of nitrogens with one attached hydrogen (secondary N) is 2. The molecule has 0 atom stereocenters. The van der Waals surface area contributed by atoms with E-state index in [4.69, 9.17) is 4.98 Å². The molecule has 1 aliphatic rings. The van der Waals surface area contributed by atoms with Gasteiger partial charge in [-0.2, -0.15) is 0 Å². The van der Waals surface area contributed by atoms with Gasteiger partial charge >= 0.3 is 0 Å². The summed E-state index contributed by atoms with van der Waals surface area (Å²) in [5.41, 5.74) is 2.60. The van der Waals surface area contributed by atoms with Crippen LogP contribution in [0.2, 0.25) is 0 Å². The van der Waals surface area contributed by atoms with E-state index in [0.717, 1.165) is 53.9 Å². The van der Waals surface area contributed by atoms with E-state index in [-0.39, 0.29) is 10.6 Å². The lowest BCUT2D eigenvalue weighted by atomic mass is 10.1. The molecule has 4 rings (SSSR count). The molecule has 3 aromatic rings. The molecule has 8 nitrogen and oxygen atoms in total. The van der Waals surface area contributed by atoms with Crippen molar-refractivity contribution in [3.8, 4) is 11.3 Å². The minimum atomic E-state index is -0.383. The van der Waals surface area contributed by atoms with E-state index in [0.29, 0.717) is 11.5 Å². The smallest absolute Gasteiger partial charge is 0.270 e. The number of nitro benzene ring substituents is 1. The van der Waals surface area contributed by atoms with Gasteiger partial charge in [0.15, 0.2) is 5.13 Å². The number of aromatic nitrogens is 2. The molecule has 1 aromatic carbocycles. The molecule has 0 spiro atoms. The van der Waals surface area contributed by atoms with Crippen molar-refractivity contribution >= 4 is 28.0 Å². The van der Waals surface area contributed by atoms with Gasteiger partial charge in [0.2, 0.25) is 0 Å². The van der Waals surface area contributed by atoms with Gasteiger partial charge in [-0.3, -0.25) is 15.0 Å². The monoisotopic (exact) mass is 410 g/mol. The van der Waals surface area contributed by atoms with Crippen molar-refractivity contribution in [2.75, 3.05) is 31.5 Å². The standard InChI is InChI=1S/C20H22N6O2S/c1-14-12-22-20(29-14)24-19-10-15(13-25-7-5-21-6-8-25)9-18(23-19)16-3-2-4-17(11-16)26(27)28/h2-4,9-12,21H,5-8,13H2,1H3,(H,22,23,24). The maximum atomic E-state index is 11.2. The number of rotatable bonds is 6. The third-order valence-corrected chi connectivity index (χ3v) is 5.54. The van der Waals surface area contributed by atoms with Gasteiger partial charge in [-0.15, -0.1) is 11.3 Å². The van der Waals surface area contributed by atoms with Crippen molar-refractivity contribution in [1.29, 1.82) is 0 Å². The van der Waals surface area contributed by atoms with Crippen molar-refractivity contribution in [2.24, 2.45) is 0 Å². The fraction of sp³-hybridized carbons (Fsp3) is 0.300. The second-order valence-electron chi connectivity index (χ2n) is 6.98. The Morgan fingerprint density at radius 1 is 1.28 bits per heavy atom. The first-order valence-corrected chi connectivity index (χ1v) is 10.3. The highest BCUT2D eigenvalue weighted by molar-refractivity contribution is 7.15. The van der Waals surface area contributed by atoms with Gasteiger partial charge in [0.05, 0.1) is 10.6 Å². The Labute approximate surface area is 172 Å². The Morgan fingerprint density at radius 2 is 2.10 bits per heavy atom. The highest BCUT2D eigenvalue weighted by Gasteiger charge is 2.14. The van der Waals surface area contributed by atoms with Gasteiger partial charge in [0, 0.05) is 61.5 Å². The summed E-state index contributed by atoms with van der Waals surface area (Å²) in [5, 5.41) is 18.6. The fourth-order valence-corrected chi connectivity index (χ4v) is 3.99. The summed E-state index contributed by atoms with van der Waals surface area (Å²) >= 11 is 1.56. The Balaban J connectivity index is 1.68. The summed E-state index contributed by atoms with van der Waals surface area (Å²) < 4.78 is 0. The third kappa shape index (κ3) is 4.94. The Morgan fingerprint density at radius 3 is 2.83 bits per heavy atom. The van der Waals surface area contributed by atoms with Crippen LogP contribution in [0.3, 0.4) is 0 Å². The maximum Gasteiger partial charge on any atom is 0.270 e. The lowest BCUT2D eigenvalue weighted by Gasteiger charge is -2.27. The number of benzene rings is 1. The van der Waals surface area contributed by atoms with Gasteiger partial charge in [-0.25, -0.2) is 9.97 Å². The number of thiazole rings is 1. The van der Waals surface area contributed by atoms with E-state index in [2.05, 4.69) is 20.5 Å². The average molecular weight is 411 g/mol. The van der Waals surface area contributed by atoms with Crippen LogP contribution in [0.5, 0.6) is 0 Å². The normalized spacial score (nSPS) is 14.7. The van der Waals surface area contributed by atoms with Crippen LogP contribution in [-0.4, -0.2) is 46.0 Å². The highest BCUT2D eigenvalue weighted by Crippen LogP contribution is 2.28. The lowest BCUT2D eigenvalue weighted by molar-refractivity contribution is -0.384. The first-order chi connectivity index (χ1) is 14.1. The van der Waals surface area contributed by atoms with Crippen LogP contribution in [0.25, 0.3) is 11.3 Å². The van der Waals surface area contributed by atoms with E-state index >= 15 is 0 Å². The SMILES string of the molecule is Cc1cnc(Nc2cc(CN3CCNCC3)cc(-c3cccc([N+](=O)[O-])c3)n2)s1. The number of nitro groups is 1. The van der Waals surface area contributed by atoms with Crippen LogP contribution in [0.4, 0.5) is 16.6 Å². The Kier molecular flexibility index (Phi) is 5.79. The highest BCUT2D eigenvalue weighted by atomic mass is 32.1. The molecule has 9 heteroatoms. The van der Waals surface area contributed by atoms with E-state index in [1.54, 1.807) is 23.5 Å². The molecule has 0 saturated carbocycles.